The first-order chi connectivity index (χ1) is 13.1. The van der Waals surface area contributed by atoms with Gasteiger partial charge in [0.2, 0.25) is 0 Å². The Morgan fingerprint density at radius 3 is 2.48 bits per heavy atom. The highest BCUT2D eigenvalue weighted by Gasteiger charge is 2.17. The minimum absolute atomic E-state index is 0.0103. The molecule has 1 N–H and O–H groups in total. The van der Waals surface area contributed by atoms with E-state index in [1.165, 1.54) is 0 Å². The molecule has 140 valence electrons. The number of hydrogen-bond donors (Lipinski definition) is 1. The molecular formula is C19H17ClN2O5. The second-order valence-electron chi connectivity index (χ2n) is 5.58. The zero-order valence-corrected chi connectivity index (χ0v) is 15.1. The molecule has 0 aliphatic heterocycles. The van der Waals surface area contributed by atoms with Crippen LogP contribution in [0.2, 0.25) is 5.02 Å². The third-order valence-corrected chi connectivity index (χ3v) is 4.02. The summed E-state index contributed by atoms with van der Waals surface area (Å²) in [6, 6.07) is 13.5. The Morgan fingerprint density at radius 2 is 1.78 bits per heavy atom. The summed E-state index contributed by atoms with van der Waals surface area (Å²) in [5.41, 5.74) is -0.354. The zero-order chi connectivity index (χ0) is 19.2. The van der Waals surface area contributed by atoms with Gasteiger partial charge in [-0.25, -0.2) is 9.48 Å². The van der Waals surface area contributed by atoms with E-state index in [0.717, 1.165) is 4.68 Å². The van der Waals surface area contributed by atoms with Crippen molar-refractivity contribution in [3.63, 3.8) is 0 Å². The molecule has 0 fully saturated rings. The third-order valence-electron chi connectivity index (χ3n) is 3.77. The van der Waals surface area contributed by atoms with Crippen LogP contribution in [0.4, 0.5) is 0 Å². The molecule has 0 saturated carbocycles. The highest BCUT2D eigenvalue weighted by molar-refractivity contribution is 6.30. The van der Waals surface area contributed by atoms with Gasteiger partial charge in [-0.3, -0.25) is 4.79 Å². The monoisotopic (exact) mass is 388 g/mol. The lowest BCUT2D eigenvalue weighted by Crippen LogP contribution is -2.28. The molecule has 0 saturated heterocycles. The van der Waals surface area contributed by atoms with Gasteiger partial charge in [0.05, 0.1) is 18.5 Å². The van der Waals surface area contributed by atoms with Gasteiger partial charge < -0.3 is 14.6 Å². The molecular weight excluding hydrogens is 372 g/mol. The average Bonchev–Trinajstić information content (AvgIpc) is 2.69. The van der Waals surface area contributed by atoms with Crippen molar-refractivity contribution in [2.45, 2.75) is 6.54 Å². The second-order valence-corrected chi connectivity index (χ2v) is 6.02. The van der Waals surface area contributed by atoms with Crippen LogP contribution in [0.15, 0.2) is 53.3 Å². The van der Waals surface area contributed by atoms with Crippen LogP contribution in [-0.2, 0) is 11.3 Å². The van der Waals surface area contributed by atoms with Crippen LogP contribution in [0.3, 0.4) is 0 Å². The molecule has 1 heterocycles. The van der Waals surface area contributed by atoms with Crippen molar-refractivity contribution in [3.05, 3.63) is 69.6 Å². The Balaban J connectivity index is 1.72. The molecule has 0 radical (unpaired) electrons. The zero-order valence-electron chi connectivity index (χ0n) is 14.3. The predicted octanol–water partition coefficient (Wildman–Crippen LogP) is 2.28. The summed E-state index contributed by atoms with van der Waals surface area (Å²) < 4.78 is 11.8. The van der Waals surface area contributed by atoms with Gasteiger partial charge in [-0.2, -0.15) is 5.10 Å². The van der Waals surface area contributed by atoms with Crippen molar-refractivity contribution >= 4 is 28.3 Å². The molecule has 3 rings (SSSR count). The first-order valence-corrected chi connectivity index (χ1v) is 8.64. The number of rotatable bonds is 7. The number of esters is 1. The first-order valence-electron chi connectivity index (χ1n) is 8.26. The highest BCUT2D eigenvalue weighted by atomic mass is 35.5. The lowest BCUT2D eigenvalue weighted by Gasteiger charge is -2.10. The maximum atomic E-state index is 12.4. The van der Waals surface area contributed by atoms with Crippen molar-refractivity contribution in [2.75, 3.05) is 19.8 Å². The van der Waals surface area contributed by atoms with E-state index in [4.69, 9.17) is 26.2 Å². The number of carbonyl (C=O) groups excluding carboxylic acids is 1. The fourth-order valence-corrected chi connectivity index (χ4v) is 2.65. The van der Waals surface area contributed by atoms with E-state index in [0.29, 0.717) is 21.5 Å². The summed E-state index contributed by atoms with van der Waals surface area (Å²) in [6.45, 7) is -0.115. The van der Waals surface area contributed by atoms with Crippen LogP contribution in [0.1, 0.15) is 10.5 Å². The fourth-order valence-electron chi connectivity index (χ4n) is 2.53. The summed E-state index contributed by atoms with van der Waals surface area (Å²) in [4.78, 5) is 24.8. The number of hydrogen-bond acceptors (Lipinski definition) is 6. The number of aromatic nitrogens is 2. The predicted molar refractivity (Wildman–Crippen MR) is 100 cm³/mol. The number of nitrogens with zero attached hydrogens (tertiary/aromatic N) is 2. The van der Waals surface area contributed by atoms with Crippen LogP contribution < -0.4 is 10.3 Å². The molecule has 3 aromatic rings. The van der Waals surface area contributed by atoms with Gasteiger partial charge in [-0.05, 0) is 30.3 Å². The van der Waals surface area contributed by atoms with Gasteiger partial charge in [0.25, 0.3) is 5.56 Å². The molecule has 8 heteroatoms. The first kappa shape index (κ1) is 18.9. The number of benzene rings is 2. The Morgan fingerprint density at radius 1 is 1.07 bits per heavy atom. The fraction of sp³-hybridized carbons (Fsp3) is 0.211. The summed E-state index contributed by atoms with van der Waals surface area (Å²) in [5, 5.41) is 14.5. The summed E-state index contributed by atoms with van der Waals surface area (Å²) in [6.07, 6.45) is 0. The number of aliphatic hydroxyl groups excluding tert-OH is 1. The standard InChI is InChI=1S/C19H17ClN2O5/c20-13-5-7-14(8-6-13)26-11-12-27-19(25)17-15-3-1-2-4-16(15)18(24)22(21-17)9-10-23/h1-8,23H,9-12H2. The van der Waals surface area contributed by atoms with E-state index in [2.05, 4.69) is 5.10 Å². The van der Waals surface area contributed by atoms with E-state index in [9.17, 15) is 9.59 Å². The second kappa shape index (κ2) is 8.66. The molecule has 0 bridgehead atoms. The smallest absolute Gasteiger partial charge is 0.359 e. The normalized spacial score (nSPS) is 10.7. The molecule has 0 amide bonds. The molecule has 2 aromatic carbocycles. The number of carbonyl (C=O) groups is 1. The van der Waals surface area contributed by atoms with Crippen LogP contribution in [0, 0.1) is 0 Å². The van der Waals surface area contributed by atoms with Crippen LogP contribution in [0.25, 0.3) is 10.8 Å². The van der Waals surface area contributed by atoms with Gasteiger partial charge in [0.1, 0.15) is 19.0 Å². The van der Waals surface area contributed by atoms with Crippen LogP contribution in [0.5, 0.6) is 5.75 Å². The molecule has 7 nitrogen and oxygen atoms in total. The number of halogens is 1. The molecule has 0 aliphatic rings. The largest absolute Gasteiger partial charge is 0.490 e. The molecule has 1 aromatic heterocycles. The quantitative estimate of drug-likeness (QED) is 0.493. The SMILES string of the molecule is O=C(OCCOc1ccc(Cl)cc1)c1nn(CCO)c(=O)c2ccccc12. The Bertz CT molecular complexity index is 1000. The van der Waals surface area contributed by atoms with Gasteiger partial charge in [-0.15, -0.1) is 0 Å². The molecule has 0 unspecified atom stereocenters. The van der Waals surface area contributed by atoms with Crippen LogP contribution in [-0.4, -0.2) is 40.7 Å². The van der Waals surface area contributed by atoms with Gasteiger partial charge in [-0.1, -0.05) is 29.8 Å². The Labute approximate surface area is 159 Å². The molecule has 27 heavy (non-hydrogen) atoms. The van der Waals surface area contributed by atoms with E-state index in [-0.39, 0.29) is 37.6 Å². The van der Waals surface area contributed by atoms with E-state index in [1.807, 2.05) is 0 Å². The molecule has 0 aliphatic carbocycles. The topological polar surface area (TPSA) is 90.7 Å². The van der Waals surface area contributed by atoms with E-state index >= 15 is 0 Å². The van der Waals surface area contributed by atoms with Gasteiger partial charge >= 0.3 is 5.97 Å². The summed E-state index contributed by atoms with van der Waals surface area (Å²) in [7, 11) is 0. The summed E-state index contributed by atoms with van der Waals surface area (Å²) >= 11 is 5.80. The number of fused-ring (bicyclic) bond motifs is 1. The van der Waals surface area contributed by atoms with Crippen molar-refractivity contribution in [2.24, 2.45) is 0 Å². The maximum Gasteiger partial charge on any atom is 0.359 e. The minimum atomic E-state index is -0.669. The Kier molecular flexibility index (Phi) is 6.05. The summed E-state index contributed by atoms with van der Waals surface area (Å²) in [5.74, 6) is -0.0619. The maximum absolute atomic E-state index is 12.4. The van der Waals surface area contributed by atoms with Crippen molar-refractivity contribution in [3.8, 4) is 5.75 Å². The van der Waals surface area contributed by atoms with Crippen LogP contribution >= 0.6 is 11.6 Å². The van der Waals surface area contributed by atoms with E-state index < -0.39 is 5.97 Å². The highest BCUT2D eigenvalue weighted by Crippen LogP contribution is 2.16. The average molecular weight is 389 g/mol. The molecule has 0 spiro atoms. The van der Waals surface area contributed by atoms with Gasteiger partial charge in [0.15, 0.2) is 5.69 Å². The number of ether oxygens (including phenoxy) is 2. The minimum Gasteiger partial charge on any atom is -0.490 e. The lowest BCUT2D eigenvalue weighted by molar-refractivity contribution is 0.0443. The molecule has 0 atom stereocenters. The van der Waals surface area contributed by atoms with Gasteiger partial charge in [0, 0.05) is 10.4 Å². The lowest BCUT2D eigenvalue weighted by atomic mass is 10.1. The third kappa shape index (κ3) is 4.45. The Hall–Kier alpha value is -2.90. The van der Waals surface area contributed by atoms with Crippen molar-refractivity contribution in [1.29, 1.82) is 0 Å². The van der Waals surface area contributed by atoms with E-state index in [1.54, 1.807) is 48.5 Å². The van der Waals surface area contributed by atoms with Crippen molar-refractivity contribution < 1.29 is 19.4 Å². The number of aliphatic hydroxyl groups is 1. The van der Waals surface area contributed by atoms with Crippen molar-refractivity contribution in [1.82, 2.24) is 9.78 Å².